The van der Waals surface area contributed by atoms with Gasteiger partial charge < -0.3 is 4.98 Å². The van der Waals surface area contributed by atoms with Gasteiger partial charge in [-0.25, -0.2) is 0 Å². The molecule has 0 saturated heterocycles. The van der Waals surface area contributed by atoms with Crippen molar-refractivity contribution in [1.82, 2.24) is 4.98 Å². The molecule has 0 unspecified atom stereocenters. The minimum absolute atomic E-state index is 0.755. The van der Waals surface area contributed by atoms with E-state index in [-0.39, 0.29) is 0 Å². The molecule has 0 spiro atoms. The van der Waals surface area contributed by atoms with Gasteiger partial charge in [0, 0.05) is 22.3 Å². The minimum atomic E-state index is 0.755. The van der Waals surface area contributed by atoms with Crippen molar-refractivity contribution < 1.29 is 4.79 Å². The van der Waals surface area contributed by atoms with Gasteiger partial charge in [-0.15, -0.1) is 11.8 Å². The van der Waals surface area contributed by atoms with Crippen LogP contribution in [0.3, 0.4) is 0 Å². The average molecular weight is 155 g/mol. The van der Waals surface area contributed by atoms with E-state index in [4.69, 9.17) is 0 Å². The molecule has 2 nitrogen and oxygen atoms in total. The fraction of sp³-hybridized carbons (Fsp3) is 0.286. The Kier molecular flexibility index (Phi) is 2.17. The van der Waals surface area contributed by atoms with Crippen molar-refractivity contribution in [2.75, 3.05) is 6.26 Å². The molecule has 1 aromatic rings. The van der Waals surface area contributed by atoms with Gasteiger partial charge in [0.2, 0.25) is 0 Å². The van der Waals surface area contributed by atoms with Crippen LogP contribution in [-0.4, -0.2) is 17.5 Å². The smallest absolute Gasteiger partial charge is 0.152 e. The van der Waals surface area contributed by atoms with Crippen LogP contribution in [0.4, 0.5) is 0 Å². The van der Waals surface area contributed by atoms with Crippen LogP contribution in [0.2, 0.25) is 0 Å². The van der Waals surface area contributed by atoms with Crippen LogP contribution in [0, 0.1) is 6.92 Å². The van der Waals surface area contributed by atoms with Crippen LogP contribution in [0.15, 0.2) is 11.1 Å². The molecule has 0 aliphatic carbocycles. The zero-order chi connectivity index (χ0) is 7.56. The van der Waals surface area contributed by atoms with Crippen molar-refractivity contribution >= 4 is 18.0 Å². The van der Waals surface area contributed by atoms with E-state index in [1.807, 2.05) is 13.2 Å². The molecule has 3 heteroatoms. The lowest BCUT2D eigenvalue weighted by molar-refractivity contribution is 0.112. The molecular formula is C7H9NOS. The van der Waals surface area contributed by atoms with E-state index in [1.165, 1.54) is 0 Å². The van der Waals surface area contributed by atoms with Gasteiger partial charge in [0.1, 0.15) is 0 Å². The number of carbonyl (C=O) groups is 1. The van der Waals surface area contributed by atoms with E-state index >= 15 is 0 Å². The van der Waals surface area contributed by atoms with Gasteiger partial charge >= 0.3 is 0 Å². The largest absolute Gasteiger partial charge is 0.364 e. The summed E-state index contributed by atoms with van der Waals surface area (Å²) in [6.07, 6.45) is 4.56. The lowest BCUT2D eigenvalue weighted by Gasteiger charge is -1.92. The number of aldehydes is 1. The molecule has 0 fully saturated rings. The second-order valence-electron chi connectivity index (χ2n) is 2.02. The maximum Gasteiger partial charge on any atom is 0.152 e. The predicted molar refractivity (Wildman–Crippen MR) is 42.7 cm³/mol. The number of aryl methyl sites for hydroxylation is 1. The number of aromatic amines is 1. The molecule has 1 aromatic heterocycles. The van der Waals surface area contributed by atoms with Gasteiger partial charge in [0.25, 0.3) is 0 Å². The quantitative estimate of drug-likeness (QED) is 0.522. The Hall–Kier alpha value is -0.700. The molecule has 0 saturated carbocycles. The minimum Gasteiger partial charge on any atom is -0.364 e. The predicted octanol–water partition coefficient (Wildman–Crippen LogP) is 1.86. The van der Waals surface area contributed by atoms with Gasteiger partial charge in [-0.2, -0.15) is 0 Å². The number of hydrogen-bond donors (Lipinski definition) is 1. The first-order valence-electron chi connectivity index (χ1n) is 2.96. The van der Waals surface area contributed by atoms with Crippen molar-refractivity contribution in [3.8, 4) is 0 Å². The van der Waals surface area contributed by atoms with Gasteiger partial charge in [0.15, 0.2) is 6.29 Å². The first kappa shape index (κ1) is 7.41. The summed E-state index contributed by atoms with van der Waals surface area (Å²) in [7, 11) is 0. The van der Waals surface area contributed by atoms with Gasteiger partial charge in [-0.3, -0.25) is 4.79 Å². The molecule has 0 aliphatic rings. The Morgan fingerprint density at radius 1 is 1.70 bits per heavy atom. The number of hydrogen-bond acceptors (Lipinski definition) is 2. The maximum atomic E-state index is 10.4. The van der Waals surface area contributed by atoms with Gasteiger partial charge in [-0.05, 0) is 13.2 Å². The summed E-state index contributed by atoms with van der Waals surface area (Å²) in [5, 5.41) is 0. The zero-order valence-corrected chi connectivity index (χ0v) is 6.79. The number of carbonyl (C=O) groups excluding carboxylic acids is 1. The molecule has 0 radical (unpaired) electrons. The summed E-state index contributed by atoms with van der Waals surface area (Å²) < 4.78 is 0. The zero-order valence-electron chi connectivity index (χ0n) is 5.97. The molecule has 1 heterocycles. The number of aromatic nitrogens is 1. The Morgan fingerprint density at radius 2 is 2.40 bits per heavy atom. The van der Waals surface area contributed by atoms with Crippen molar-refractivity contribution in [3.63, 3.8) is 0 Å². The molecule has 54 valence electrons. The number of thioether (sulfide) groups is 1. The van der Waals surface area contributed by atoms with Crippen molar-refractivity contribution in [1.29, 1.82) is 0 Å². The van der Waals surface area contributed by atoms with Crippen molar-refractivity contribution in [2.45, 2.75) is 11.8 Å². The number of rotatable bonds is 2. The van der Waals surface area contributed by atoms with Crippen LogP contribution in [0.5, 0.6) is 0 Å². The van der Waals surface area contributed by atoms with E-state index in [1.54, 1.807) is 18.0 Å². The third-order valence-electron chi connectivity index (χ3n) is 1.38. The molecular weight excluding hydrogens is 146 g/mol. The summed E-state index contributed by atoms with van der Waals surface area (Å²) >= 11 is 1.59. The van der Waals surface area contributed by atoms with Crippen LogP contribution < -0.4 is 0 Å². The molecule has 0 aromatic carbocycles. The lowest BCUT2D eigenvalue weighted by Crippen LogP contribution is -1.77. The Balaban J connectivity index is 3.12. The van der Waals surface area contributed by atoms with Gasteiger partial charge in [0.05, 0.1) is 0 Å². The molecule has 0 aliphatic heterocycles. The summed E-state index contributed by atoms with van der Waals surface area (Å²) in [6.45, 7) is 1.96. The van der Waals surface area contributed by atoms with E-state index in [0.717, 1.165) is 22.4 Å². The fourth-order valence-electron chi connectivity index (χ4n) is 0.892. The first-order valence-corrected chi connectivity index (χ1v) is 4.19. The second kappa shape index (κ2) is 2.92. The first-order chi connectivity index (χ1) is 4.79. The highest BCUT2D eigenvalue weighted by atomic mass is 32.2. The Bertz CT molecular complexity index is 242. The molecule has 10 heavy (non-hydrogen) atoms. The molecule has 0 bridgehead atoms. The topological polar surface area (TPSA) is 32.9 Å². The van der Waals surface area contributed by atoms with Crippen LogP contribution in [0.1, 0.15) is 16.1 Å². The molecule has 0 amide bonds. The van der Waals surface area contributed by atoms with E-state index < -0.39 is 0 Å². The van der Waals surface area contributed by atoms with Crippen LogP contribution in [0.25, 0.3) is 0 Å². The maximum absolute atomic E-state index is 10.4. The van der Waals surface area contributed by atoms with Crippen LogP contribution in [-0.2, 0) is 0 Å². The molecule has 1 rings (SSSR count). The van der Waals surface area contributed by atoms with E-state index in [9.17, 15) is 4.79 Å². The summed E-state index contributed by atoms with van der Waals surface area (Å²) in [6, 6.07) is 0. The highest BCUT2D eigenvalue weighted by Gasteiger charge is 2.03. The number of nitrogens with one attached hydrogen (secondary N) is 1. The normalized spacial score (nSPS) is 9.80. The summed E-state index contributed by atoms with van der Waals surface area (Å²) in [4.78, 5) is 14.4. The van der Waals surface area contributed by atoms with E-state index in [2.05, 4.69) is 4.98 Å². The second-order valence-corrected chi connectivity index (χ2v) is 2.84. The summed E-state index contributed by atoms with van der Waals surface area (Å²) in [5.74, 6) is 0. The Labute approximate surface area is 64.0 Å². The monoisotopic (exact) mass is 155 g/mol. The van der Waals surface area contributed by atoms with Crippen molar-refractivity contribution in [2.24, 2.45) is 0 Å². The highest BCUT2D eigenvalue weighted by molar-refractivity contribution is 7.98. The number of H-pyrrole nitrogens is 1. The van der Waals surface area contributed by atoms with E-state index in [0.29, 0.717) is 0 Å². The third-order valence-corrected chi connectivity index (χ3v) is 2.33. The standard InChI is InChI=1S/C7H9NOS/c1-5-7(10-2)6(4-9)3-8-5/h3-4,8H,1-2H3. The lowest BCUT2D eigenvalue weighted by atomic mass is 10.3. The van der Waals surface area contributed by atoms with Crippen molar-refractivity contribution in [3.05, 3.63) is 17.5 Å². The highest BCUT2D eigenvalue weighted by Crippen LogP contribution is 2.22. The SMILES string of the molecule is CSc1c(C=O)c[nH]c1C. The summed E-state index contributed by atoms with van der Waals surface area (Å²) in [5.41, 5.74) is 1.82. The average Bonchev–Trinajstić information content (AvgIpc) is 2.30. The molecule has 0 atom stereocenters. The van der Waals surface area contributed by atoms with Gasteiger partial charge in [-0.1, -0.05) is 0 Å². The van der Waals surface area contributed by atoms with Crippen LogP contribution >= 0.6 is 11.8 Å². The third kappa shape index (κ3) is 1.09. The fourth-order valence-corrected chi connectivity index (χ4v) is 1.60. The molecule has 1 N–H and O–H groups in total. The Morgan fingerprint density at radius 3 is 2.80 bits per heavy atom.